The highest BCUT2D eigenvalue weighted by atomic mass is 32.2. The van der Waals surface area contributed by atoms with E-state index in [0.717, 1.165) is 12.8 Å². The molecule has 0 aromatic heterocycles. The summed E-state index contributed by atoms with van der Waals surface area (Å²) in [7, 11) is 0. The van der Waals surface area contributed by atoms with E-state index in [-0.39, 0.29) is 9.49 Å². The van der Waals surface area contributed by atoms with Gasteiger partial charge in [-0.3, -0.25) is 0 Å². The third-order valence-electron chi connectivity index (χ3n) is 3.13. The quantitative estimate of drug-likeness (QED) is 0.773. The first-order valence-electron chi connectivity index (χ1n) is 6.10. The molecular weight excluding hydrogens is 226 g/mol. The van der Waals surface area contributed by atoms with E-state index in [1.807, 2.05) is 17.8 Å². The predicted octanol–water partition coefficient (Wildman–Crippen LogP) is 4.36. The van der Waals surface area contributed by atoms with Crippen molar-refractivity contribution in [3.05, 3.63) is 35.9 Å². The van der Waals surface area contributed by atoms with Gasteiger partial charge in [0.1, 0.15) is 4.75 Å². The van der Waals surface area contributed by atoms with Crippen molar-refractivity contribution in [2.24, 2.45) is 0 Å². The second-order valence-electron chi connectivity index (χ2n) is 5.84. The van der Waals surface area contributed by atoms with Crippen LogP contribution in [0.3, 0.4) is 0 Å². The molecule has 90 valence electrons. The Balaban J connectivity index is 2.03. The first-order chi connectivity index (χ1) is 7.94. The average molecular weight is 245 g/mol. The second-order valence-corrected chi connectivity index (χ2v) is 8.05. The normalized spacial score (nSPS) is 28.2. The van der Waals surface area contributed by atoms with Crippen LogP contribution in [0.4, 0.5) is 0 Å². The maximum absolute atomic E-state index is 9.39. The second kappa shape index (κ2) is 4.38. The van der Waals surface area contributed by atoms with Gasteiger partial charge in [0.2, 0.25) is 0 Å². The van der Waals surface area contributed by atoms with E-state index in [4.69, 9.17) is 0 Å². The molecule has 1 fully saturated rings. The lowest BCUT2D eigenvalue weighted by Gasteiger charge is -2.45. The van der Waals surface area contributed by atoms with Gasteiger partial charge in [-0.25, -0.2) is 0 Å². The molecule has 0 spiro atoms. The summed E-state index contributed by atoms with van der Waals surface area (Å²) < 4.78 is 0.0101. The molecule has 1 nitrogen and oxygen atoms in total. The summed E-state index contributed by atoms with van der Waals surface area (Å²) in [5.74, 6) is 0.575. The molecular formula is C15H19NS. The van der Waals surface area contributed by atoms with E-state index >= 15 is 0 Å². The lowest BCUT2D eigenvalue weighted by atomic mass is 9.71. The topological polar surface area (TPSA) is 23.8 Å². The molecule has 0 amide bonds. The molecule has 2 heteroatoms. The summed E-state index contributed by atoms with van der Waals surface area (Å²) in [6, 6.07) is 13.1. The SMILES string of the molecule is CC(C)(C)SC1(C#N)CC(c2ccccc2)C1. The van der Waals surface area contributed by atoms with Crippen LogP contribution in [0.25, 0.3) is 0 Å². The predicted molar refractivity (Wildman–Crippen MR) is 74.1 cm³/mol. The fraction of sp³-hybridized carbons (Fsp3) is 0.533. The van der Waals surface area contributed by atoms with Crippen molar-refractivity contribution in [3.8, 4) is 6.07 Å². The summed E-state index contributed by atoms with van der Waals surface area (Å²) in [6.07, 6.45) is 1.99. The highest BCUT2D eigenvalue weighted by Crippen LogP contribution is 2.55. The third-order valence-corrected chi connectivity index (χ3v) is 4.56. The Morgan fingerprint density at radius 1 is 1.24 bits per heavy atom. The van der Waals surface area contributed by atoms with Gasteiger partial charge in [0, 0.05) is 4.75 Å². The summed E-state index contributed by atoms with van der Waals surface area (Å²) in [5, 5.41) is 9.39. The van der Waals surface area contributed by atoms with Crippen LogP contribution in [0.15, 0.2) is 30.3 Å². The van der Waals surface area contributed by atoms with Crippen LogP contribution in [-0.2, 0) is 0 Å². The van der Waals surface area contributed by atoms with Crippen LogP contribution in [0.1, 0.15) is 45.1 Å². The molecule has 0 heterocycles. The van der Waals surface area contributed by atoms with Gasteiger partial charge in [0.05, 0.1) is 6.07 Å². The van der Waals surface area contributed by atoms with E-state index in [1.54, 1.807) is 0 Å². The molecule has 1 saturated carbocycles. The van der Waals surface area contributed by atoms with Gasteiger partial charge in [-0.2, -0.15) is 5.26 Å². The van der Waals surface area contributed by atoms with Gasteiger partial charge in [-0.15, -0.1) is 11.8 Å². The van der Waals surface area contributed by atoms with E-state index in [9.17, 15) is 5.26 Å². The van der Waals surface area contributed by atoms with Gasteiger partial charge in [-0.1, -0.05) is 51.1 Å². The third kappa shape index (κ3) is 2.84. The Labute approximate surface area is 108 Å². The van der Waals surface area contributed by atoms with Crippen molar-refractivity contribution in [1.29, 1.82) is 5.26 Å². The van der Waals surface area contributed by atoms with Gasteiger partial charge in [0.15, 0.2) is 0 Å². The van der Waals surface area contributed by atoms with E-state index in [1.165, 1.54) is 5.56 Å². The van der Waals surface area contributed by atoms with Crippen LogP contribution in [-0.4, -0.2) is 9.49 Å². The van der Waals surface area contributed by atoms with E-state index in [0.29, 0.717) is 5.92 Å². The molecule has 0 N–H and O–H groups in total. The van der Waals surface area contributed by atoms with E-state index < -0.39 is 0 Å². The lowest BCUT2D eigenvalue weighted by Crippen LogP contribution is -2.41. The highest BCUT2D eigenvalue weighted by molar-refractivity contribution is 8.02. The summed E-state index contributed by atoms with van der Waals surface area (Å²) in [6.45, 7) is 6.56. The van der Waals surface area contributed by atoms with Crippen LogP contribution >= 0.6 is 11.8 Å². The molecule has 0 bridgehead atoms. The van der Waals surface area contributed by atoms with Crippen molar-refractivity contribution in [1.82, 2.24) is 0 Å². The van der Waals surface area contributed by atoms with Gasteiger partial charge in [-0.05, 0) is 24.3 Å². The number of nitriles is 1. The van der Waals surface area contributed by atoms with Crippen molar-refractivity contribution in [2.75, 3.05) is 0 Å². The first-order valence-corrected chi connectivity index (χ1v) is 6.92. The Hall–Kier alpha value is -0.940. The number of nitrogens with zero attached hydrogens (tertiary/aromatic N) is 1. The first kappa shape index (κ1) is 12.5. The zero-order valence-electron chi connectivity index (χ0n) is 10.7. The number of benzene rings is 1. The molecule has 2 rings (SSSR count). The highest BCUT2D eigenvalue weighted by Gasteiger charge is 2.47. The van der Waals surface area contributed by atoms with Crippen LogP contribution in [0, 0.1) is 11.3 Å². The summed E-state index contributed by atoms with van der Waals surface area (Å²) in [4.78, 5) is 0. The van der Waals surface area contributed by atoms with Crippen LogP contribution < -0.4 is 0 Å². The largest absolute Gasteiger partial charge is 0.197 e. The summed E-state index contributed by atoms with van der Waals surface area (Å²) in [5.41, 5.74) is 1.38. The van der Waals surface area contributed by atoms with Crippen molar-refractivity contribution in [3.63, 3.8) is 0 Å². The maximum atomic E-state index is 9.39. The van der Waals surface area contributed by atoms with Crippen LogP contribution in [0.2, 0.25) is 0 Å². The Kier molecular flexibility index (Phi) is 3.23. The number of thioether (sulfide) groups is 1. The molecule has 1 aliphatic carbocycles. The average Bonchev–Trinajstić information content (AvgIpc) is 2.23. The zero-order valence-corrected chi connectivity index (χ0v) is 11.6. The zero-order chi connectivity index (χ0) is 12.5. The molecule has 0 unspecified atom stereocenters. The minimum absolute atomic E-state index is 0.154. The fourth-order valence-corrected chi connectivity index (χ4v) is 4.27. The maximum Gasteiger partial charge on any atom is 0.104 e. The van der Waals surface area contributed by atoms with E-state index in [2.05, 4.69) is 51.1 Å². The molecule has 0 atom stereocenters. The van der Waals surface area contributed by atoms with Crippen molar-refractivity contribution in [2.45, 2.75) is 49.0 Å². The number of rotatable bonds is 2. The van der Waals surface area contributed by atoms with Crippen molar-refractivity contribution < 1.29 is 0 Å². The molecule has 1 aromatic rings. The molecule has 0 aliphatic heterocycles. The van der Waals surface area contributed by atoms with Gasteiger partial charge < -0.3 is 0 Å². The summed E-state index contributed by atoms with van der Waals surface area (Å²) >= 11 is 1.83. The smallest absolute Gasteiger partial charge is 0.104 e. The lowest BCUT2D eigenvalue weighted by molar-refractivity contribution is 0.366. The fourth-order valence-electron chi connectivity index (χ4n) is 2.48. The Morgan fingerprint density at radius 2 is 1.82 bits per heavy atom. The number of hydrogen-bond acceptors (Lipinski definition) is 2. The number of hydrogen-bond donors (Lipinski definition) is 0. The molecule has 1 aromatic carbocycles. The van der Waals surface area contributed by atoms with Gasteiger partial charge in [0.25, 0.3) is 0 Å². The standard InChI is InChI=1S/C15H19NS/c1-14(2,3)17-15(11-16)9-13(10-15)12-7-5-4-6-8-12/h4-8,13H,9-10H2,1-3H3. The van der Waals surface area contributed by atoms with Crippen LogP contribution in [0.5, 0.6) is 0 Å². The monoisotopic (exact) mass is 245 g/mol. The molecule has 0 radical (unpaired) electrons. The Morgan fingerprint density at radius 3 is 2.29 bits per heavy atom. The van der Waals surface area contributed by atoms with Gasteiger partial charge >= 0.3 is 0 Å². The molecule has 0 saturated heterocycles. The molecule has 1 aliphatic rings. The minimum Gasteiger partial charge on any atom is -0.197 e. The Bertz CT molecular complexity index is 418. The molecule has 17 heavy (non-hydrogen) atoms. The minimum atomic E-state index is -0.154. The van der Waals surface area contributed by atoms with Crippen molar-refractivity contribution >= 4 is 11.8 Å².